The van der Waals surface area contributed by atoms with Crippen molar-refractivity contribution in [2.24, 2.45) is 0 Å². The maximum atomic E-state index is 13.4. The maximum absolute atomic E-state index is 13.4. The molecule has 30 heavy (non-hydrogen) atoms. The van der Waals surface area contributed by atoms with Gasteiger partial charge in [-0.05, 0) is 48.4 Å². The van der Waals surface area contributed by atoms with Gasteiger partial charge >= 0.3 is 0 Å². The van der Waals surface area contributed by atoms with Gasteiger partial charge in [-0.3, -0.25) is 9.59 Å². The molecule has 0 spiro atoms. The Morgan fingerprint density at radius 2 is 1.43 bits per heavy atom. The van der Waals surface area contributed by atoms with Gasteiger partial charge in [-0.25, -0.2) is 4.90 Å². The van der Waals surface area contributed by atoms with Crippen LogP contribution >= 0.6 is 11.8 Å². The highest BCUT2D eigenvalue weighted by Crippen LogP contribution is 2.41. The van der Waals surface area contributed by atoms with Gasteiger partial charge in [0.2, 0.25) is 0 Å². The summed E-state index contributed by atoms with van der Waals surface area (Å²) >= 11 is 1.32. The number of hydrogen-bond acceptors (Lipinski definition) is 4. The lowest BCUT2D eigenvalue weighted by Crippen LogP contribution is -2.31. The molecule has 0 fully saturated rings. The summed E-state index contributed by atoms with van der Waals surface area (Å²) in [4.78, 5) is 29.3. The van der Waals surface area contributed by atoms with Crippen LogP contribution < -0.4 is 9.64 Å². The third-order valence-electron chi connectivity index (χ3n) is 4.63. The van der Waals surface area contributed by atoms with Crippen LogP contribution in [-0.4, -0.2) is 18.4 Å². The van der Waals surface area contributed by atoms with E-state index in [2.05, 4.69) is 0 Å². The van der Waals surface area contributed by atoms with E-state index >= 15 is 0 Å². The fourth-order valence-corrected chi connectivity index (χ4v) is 4.23. The second-order valence-electron chi connectivity index (χ2n) is 6.77. The van der Waals surface area contributed by atoms with Crippen LogP contribution in [0.4, 0.5) is 5.69 Å². The molecule has 0 saturated heterocycles. The summed E-state index contributed by atoms with van der Waals surface area (Å²) in [6.45, 7) is 2.68. The maximum Gasteiger partial charge on any atom is 0.272 e. The van der Waals surface area contributed by atoms with Crippen LogP contribution in [-0.2, 0) is 9.59 Å². The summed E-state index contributed by atoms with van der Waals surface area (Å²) in [6.07, 6.45) is 0.920. The first-order valence-corrected chi connectivity index (χ1v) is 10.6. The quantitative estimate of drug-likeness (QED) is 0.475. The number of imide groups is 1. The van der Waals surface area contributed by atoms with E-state index in [-0.39, 0.29) is 11.8 Å². The van der Waals surface area contributed by atoms with Crippen LogP contribution in [0.15, 0.2) is 94.7 Å². The highest BCUT2D eigenvalue weighted by molar-refractivity contribution is 8.04. The third-order valence-corrected chi connectivity index (χ3v) is 5.73. The highest BCUT2D eigenvalue weighted by Gasteiger charge is 2.40. The number of amides is 2. The van der Waals surface area contributed by atoms with E-state index in [9.17, 15) is 9.59 Å². The van der Waals surface area contributed by atoms with Crippen molar-refractivity contribution in [2.45, 2.75) is 18.2 Å². The summed E-state index contributed by atoms with van der Waals surface area (Å²) in [7, 11) is 0. The monoisotopic (exact) mass is 415 g/mol. The van der Waals surface area contributed by atoms with Gasteiger partial charge in [-0.1, -0.05) is 67.2 Å². The van der Waals surface area contributed by atoms with Gasteiger partial charge in [0, 0.05) is 4.90 Å². The molecule has 3 aromatic rings. The van der Waals surface area contributed by atoms with E-state index in [1.165, 1.54) is 16.7 Å². The number of nitrogens with zero attached hydrogens (tertiary/aromatic N) is 1. The van der Waals surface area contributed by atoms with Crippen molar-refractivity contribution in [2.75, 3.05) is 11.5 Å². The van der Waals surface area contributed by atoms with Gasteiger partial charge in [-0.15, -0.1) is 0 Å². The molecule has 0 unspecified atom stereocenters. The third kappa shape index (κ3) is 4.02. The number of carbonyl (C=O) groups is 2. The molecule has 4 nitrogen and oxygen atoms in total. The average Bonchev–Trinajstić information content (AvgIpc) is 3.03. The SMILES string of the molecule is CCCOc1ccc(C2=C(Sc3ccccc3)C(=O)N(c3ccccc3)C2=O)cc1. The average molecular weight is 416 g/mol. The van der Waals surface area contributed by atoms with Crippen molar-refractivity contribution in [3.8, 4) is 5.75 Å². The molecule has 1 heterocycles. The molecule has 0 atom stereocenters. The first kappa shape index (κ1) is 20.0. The van der Waals surface area contributed by atoms with Crippen molar-refractivity contribution in [1.29, 1.82) is 0 Å². The minimum Gasteiger partial charge on any atom is -0.494 e. The van der Waals surface area contributed by atoms with Crippen LogP contribution in [0.5, 0.6) is 5.75 Å². The van der Waals surface area contributed by atoms with Crippen LogP contribution in [0, 0.1) is 0 Å². The molecule has 1 aliphatic heterocycles. The van der Waals surface area contributed by atoms with Crippen LogP contribution in [0.1, 0.15) is 18.9 Å². The lowest BCUT2D eigenvalue weighted by molar-refractivity contribution is -0.119. The Morgan fingerprint density at radius 3 is 2.07 bits per heavy atom. The largest absolute Gasteiger partial charge is 0.494 e. The molecule has 2 amide bonds. The Balaban J connectivity index is 1.75. The molecule has 150 valence electrons. The predicted octanol–water partition coefficient (Wildman–Crippen LogP) is 5.55. The second-order valence-corrected chi connectivity index (χ2v) is 7.86. The second kappa shape index (κ2) is 9.01. The zero-order chi connectivity index (χ0) is 20.9. The summed E-state index contributed by atoms with van der Waals surface area (Å²) < 4.78 is 5.65. The predicted molar refractivity (Wildman–Crippen MR) is 120 cm³/mol. The van der Waals surface area contributed by atoms with Gasteiger partial charge in [0.1, 0.15) is 5.75 Å². The Morgan fingerprint density at radius 1 is 0.800 bits per heavy atom. The molecule has 0 saturated carbocycles. The molecule has 5 heteroatoms. The minimum absolute atomic E-state index is 0.304. The molecule has 0 bridgehead atoms. The van der Waals surface area contributed by atoms with E-state index in [0.717, 1.165) is 17.1 Å². The Bertz CT molecular complexity index is 1080. The summed E-state index contributed by atoms with van der Waals surface area (Å²) in [5, 5.41) is 0. The van der Waals surface area contributed by atoms with E-state index in [0.29, 0.717) is 28.3 Å². The molecular formula is C25H21NO3S. The zero-order valence-corrected chi connectivity index (χ0v) is 17.4. The number of ether oxygens (including phenoxy) is 1. The first-order chi connectivity index (χ1) is 14.7. The molecule has 4 rings (SSSR count). The van der Waals surface area contributed by atoms with Crippen LogP contribution in [0.2, 0.25) is 0 Å². The lowest BCUT2D eigenvalue weighted by atomic mass is 10.1. The Kier molecular flexibility index (Phi) is 6.00. The highest BCUT2D eigenvalue weighted by atomic mass is 32.2. The number of hydrogen-bond donors (Lipinski definition) is 0. The first-order valence-electron chi connectivity index (χ1n) is 9.83. The molecule has 0 N–H and O–H groups in total. The van der Waals surface area contributed by atoms with Crippen molar-refractivity contribution < 1.29 is 14.3 Å². The number of carbonyl (C=O) groups excluding carboxylic acids is 2. The summed E-state index contributed by atoms with van der Waals surface area (Å²) in [5.41, 5.74) is 1.69. The van der Waals surface area contributed by atoms with Crippen molar-refractivity contribution in [3.05, 3.63) is 95.4 Å². The Hall–Kier alpha value is -3.31. The molecule has 0 radical (unpaired) electrons. The molecule has 0 aromatic heterocycles. The van der Waals surface area contributed by atoms with Gasteiger partial charge in [-0.2, -0.15) is 0 Å². The zero-order valence-electron chi connectivity index (χ0n) is 16.6. The number of para-hydroxylation sites is 1. The van der Waals surface area contributed by atoms with Crippen molar-refractivity contribution >= 4 is 34.8 Å². The van der Waals surface area contributed by atoms with Gasteiger partial charge in [0.15, 0.2) is 0 Å². The van der Waals surface area contributed by atoms with Gasteiger partial charge in [0.05, 0.1) is 22.8 Å². The minimum atomic E-state index is -0.313. The normalized spacial score (nSPS) is 13.8. The molecule has 0 aliphatic carbocycles. The fraction of sp³-hybridized carbons (Fsp3) is 0.120. The number of anilines is 1. The lowest BCUT2D eigenvalue weighted by Gasteiger charge is -2.15. The standard InChI is InChI=1S/C25H21NO3S/c1-2-17-29-20-15-13-18(14-16-20)22-23(30-21-11-7-4-8-12-21)25(28)26(24(22)27)19-9-5-3-6-10-19/h3-16H,2,17H2,1H3. The summed E-state index contributed by atoms with van der Waals surface area (Å²) in [6, 6.07) is 26.0. The fourth-order valence-electron chi connectivity index (χ4n) is 3.21. The van der Waals surface area contributed by atoms with Crippen molar-refractivity contribution in [3.63, 3.8) is 0 Å². The molecular weight excluding hydrogens is 394 g/mol. The molecule has 1 aliphatic rings. The van der Waals surface area contributed by atoms with Crippen molar-refractivity contribution in [1.82, 2.24) is 0 Å². The van der Waals surface area contributed by atoms with E-state index in [4.69, 9.17) is 4.74 Å². The summed E-state index contributed by atoms with van der Waals surface area (Å²) in [5.74, 6) is 0.128. The van der Waals surface area contributed by atoms with E-state index < -0.39 is 0 Å². The van der Waals surface area contributed by atoms with E-state index in [1.54, 1.807) is 12.1 Å². The van der Waals surface area contributed by atoms with Crippen LogP contribution in [0.25, 0.3) is 5.57 Å². The Labute approximate surface area is 180 Å². The number of thioether (sulfide) groups is 1. The van der Waals surface area contributed by atoms with E-state index in [1.807, 2.05) is 79.7 Å². The van der Waals surface area contributed by atoms with Gasteiger partial charge < -0.3 is 4.74 Å². The number of benzene rings is 3. The topological polar surface area (TPSA) is 46.6 Å². The smallest absolute Gasteiger partial charge is 0.272 e. The number of rotatable bonds is 7. The molecule has 3 aromatic carbocycles. The van der Waals surface area contributed by atoms with Gasteiger partial charge in [0.25, 0.3) is 11.8 Å². The van der Waals surface area contributed by atoms with Crippen LogP contribution in [0.3, 0.4) is 0 Å².